The maximum absolute atomic E-state index is 5.81. The van der Waals surface area contributed by atoms with Crippen LogP contribution in [0.25, 0.3) is 0 Å². The van der Waals surface area contributed by atoms with Crippen LogP contribution in [0.2, 0.25) is 0 Å². The van der Waals surface area contributed by atoms with Crippen LogP contribution in [0.4, 0.5) is 0 Å². The molecule has 0 radical (unpaired) electrons. The summed E-state index contributed by atoms with van der Waals surface area (Å²) in [5.41, 5.74) is 1.37. The lowest BCUT2D eigenvalue weighted by molar-refractivity contribution is -0.0110. The molecule has 20 heavy (non-hydrogen) atoms. The van der Waals surface area contributed by atoms with Gasteiger partial charge in [0.05, 0.1) is 6.10 Å². The van der Waals surface area contributed by atoms with Crippen LogP contribution < -0.4 is 10.1 Å². The lowest BCUT2D eigenvalue weighted by Crippen LogP contribution is -2.25. The first-order valence-corrected chi connectivity index (χ1v) is 7.78. The Balaban J connectivity index is 1.73. The molecule has 0 spiro atoms. The van der Waals surface area contributed by atoms with Crippen LogP contribution in [-0.4, -0.2) is 32.4 Å². The second-order valence-corrected chi connectivity index (χ2v) is 5.67. The van der Waals surface area contributed by atoms with Crippen molar-refractivity contribution in [3.8, 4) is 5.75 Å². The fraction of sp³-hybridized carbons (Fsp3) is 0.647. The maximum Gasteiger partial charge on any atom is 0.119 e. The maximum atomic E-state index is 5.81. The van der Waals surface area contributed by atoms with E-state index in [0.717, 1.165) is 31.6 Å². The number of aryl methyl sites for hydroxylation is 1. The Labute approximate surface area is 122 Å². The van der Waals surface area contributed by atoms with Crippen molar-refractivity contribution in [2.75, 3.05) is 20.3 Å². The Morgan fingerprint density at radius 2 is 2.10 bits per heavy atom. The zero-order chi connectivity index (χ0) is 14.2. The number of ether oxygens (including phenoxy) is 2. The quantitative estimate of drug-likeness (QED) is 0.830. The van der Waals surface area contributed by atoms with Crippen molar-refractivity contribution in [2.45, 2.75) is 51.2 Å². The van der Waals surface area contributed by atoms with Crippen molar-refractivity contribution < 1.29 is 9.47 Å². The van der Waals surface area contributed by atoms with Gasteiger partial charge in [-0.25, -0.2) is 0 Å². The molecule has 2 rings (SSSR count). The molecule has 0 saturated carbocycles. The van der Waals surface area contributed by atoms with Crippen LogP contribution in [0.5, 0.6) is 5.75 Å². The van der Waals surface area contributed by atoms with Gasteiger partial charge in [0.2, 0.25) is 0 Å². The lowest BCUT2D eigenvalue weighted by Gasteiger charge is -2.22. The fourth-order valence-corrected chi connectivity index (χ4v) is 2.41. The predicted molar refractivity (Wildman–Crippen MR) is 82.4 cm³/mol. The van der Waals surface area contributed by atoms with Gasteiger partial charge in [-0.2, -0.15) is 0 Å². The van der Waals surface area contributed by atoms with E-state index < -0.39 is 0 Å². The van der Waals surface area contributed by atoms with Gasteiger partial charge in [-0.1, -0.05) is 12.1 Å². The molecule has 2 atom stereocenters. The molecule has 1 fully saturated rings. The molecule has 1 aromatic rings. The summed E-state index contributed by atoms with van der Waals surface area (Å²) in [6, 6.07) is 9.04. The van der Waals surface area contributed by atoms with Crippen molar-refractivity contribution in [3.63, 3.8) is 0 Å². The SMILES string of the molecule is CNC(C)CCc1ccc(OCC2CCCCO2)cc1. The average Bonchev–Trinajstić information content (AvgIpc) is 2.52. The van der Waals surface area contributed by atoms with E-state index in [0.29, 0.717) is 12.6 Å². The van der Waals surface area contributed by atoms with E-state index >= 15 is 0 Å². The third kappa shape index (κ3) is 5.14. The van der Waals surface area contributed by atoms with E-state index in [1.807, 2.05) is 7.05 Å². The second-order valence-electron chi connectivity index (χ2n) is 5.67. The summed E-state index contributed by atoms with van der Waals surface area (Å²) in [5, 5.41) is 3.26. The minimum Gasteiger partial charge on any atom is -0.491 e. The minimum atomic E-state index is 0.278. The van der Waals surface area contributed by atoms with Gasteiger partial charge in [-0.15, -0.1) is 0 Å². The molecule has 1 aromatic carbocycles. The summed E-state index contributed by atoms with van der Waals surface area (Å²) in [6.07, 6.45) is 6.12. The van der Waals surface area contributed by atoms with Gasteiger partial charge in [0.15, 0.2) is 0 Å². The minimum absolute atomic E-state index is 0.278. The Morgan fingerprint density at radius 1 is 1.30 bits per heavy atom. The summed E-state index contributed by atoms with van der Waals surface area (Å²) in [4.78, 5) is 0. The van der Waals surface area contributed by atoms with E-state index in [9.17, 15) is 0 Å². The highest BCUT2D eigenvalue weighted by Crippen LogP contribution is 2.17. The molecule has 0 amide bonds. The standard InChI is InChI=1S/C17H27NO2/c1-14(18-2)6-7-15-8-10-16(11-9-15)20-13-17-5-3-4-12-19-17/h8-11,14,17-18H,3-7,12-13H2,1-2H3. The molecule has 2 unspecified atom stereocenters. The van der Waals surface area contributed by atoms with Gasteiger partial charge >= 0.3 is 0 Å². The zero-order valence-electron chi connectivity index (χ0n) is 12.7. The molecule has 1 aliphatic heterocycles. The molecule has 112 valence electrons. The zero-order valence-corrected chi connectivity index (χ0v) is 12.7. The highest BCUT2D eigenvalue weighted by molar-refractivity contribution is 5.27. The number of rotatable bonds is 7. The van der Waals surface area contributed by atoms with E-state index in [1.165, 1.54) is 18.4 Å². The highest BCUT2D eigenvalue weighted by atomic mass is 16.5. The smallest absolute Gasteiger partial charge is 0.119 e. The summed E-state index contributed by atoms with van der Waals surface area (Å²) in [6.45, 7) is 3.77. The van der Waals surface area contributed by atoms with Gasteiger partial charge in [0, 0.05) is 12.6 Å². The summed E-state index contributed by atoms with van der Waals surface area (Å²) in [5.74, 6) is 0.949. The summed E-state index contributed by atoms with van der Waals surface area (Å²) < 4.78 is 11.5. The van der Waals surface area contributed by atoms with Crippen LogP contribution in [0, 0.1) is 0 Å². The van der Waals surface area contributed by atoms with Crippen molar-refractivity contribution >= 4 is 0 Å². The van der Waals surface area contributed by atoms with Crippen LogP contribution in [0.15, 0.2) is 24.3 Å². The molecular weight excluding hydrogens is 250 g/mol. The first-order valence-electron chi connectivity index (χ1n) is 7.78. The van der Waals surface area contributed by atoms with Crippen LogP contribution in [-0.2, 0) is 11.2 Å². The Hall–Kier alpha value is -1.06. The number of hydrogen-bond acceptors (Lipinski definition) is 3. The summed E-state index contributed by atoms with van der Waals surface area (Å²) >= 11 is 0. The second kappa shape index (κ2) is 8.28. The highest BCUT2D eigenvalue weighted by Gasteiger charge is 2.14. The normalized spacial score (nSPS) is 20.6. The van der Waals surface area contributed by atoms with Crippen molar-refractivity contribution in [2.24, 2.45) is 0 Å². The van der Waals surface area contributed by atoms with Crippen molar-refractivity contribution in [1.82, 2.24) is 5.32 Å². The number of hydrogen-bond donors (Lipinski definition) is 1. The van der Waals surface area contributed by atoms with Gasteiger partial charge in [0.25, 0.3) is 0 Å². The third-order valence-electron chi connectivity index (χ3n) is 3.99. The Bertz CT molecular complexity index is 371. The molecule has 1 aliphatic rings. The molecule has 1 saturated heterocycles. The third-order valence-corrected chi connectivity index (χ3v) is 3.99. The topological polar surface area (TPSA) is 30.5 Å². The van der Waals surface area contributed by atoms with Gasteiger partial charge in [0.1, 0.15) is 12.4 Å². The largest absolute Gasteiger partial charge is 0.491 e. The monoisotopic (exact) mass is 277 g/mol. The molecular formula is C17H27NO2. The van der Waals surface area contributed by atoms with E-state index in [1.54, 1.807) is 0 Å². The molecule has 3 nitrogen and oxygen atoms in total. The average molecular weight is 277 g/mol. The Morgan fingerprint density at radius 3 is 2.75 bits per heavy atom. The predicted octanol–water partition coefficient (Wildman–Crippen LogP) is 3.18. The molecule has 1 heterocycles. The first kappa shape index (κ1) is 15.3. The van der Waals surface area contributed by atoms with E-state index in [-0.39, 0.29) is 6.10 Å². The van der Waals surface area contributed by atoms with Crippen molar-refractivity contribution in [3.05, 3.63) is 29.8 Å². The van der Waals surface area contributed by atoms with E-state index in [4.69, 9.17) is 9.47 Å². The Kier molecular flexibility index (Phi) is 6.34. The summed E-state index contributed by atoms with van der Waals surface area (Å²) in [7, 11) is 2.01. The fourth-order valence-electron chi connectivity index (χ4n) is 2.41. The molecule has 0 aromatic heterocycles. The molecule has 0 aliphatic carbocycles. The molecule has 3 heteroatoms. The number of nitrogens with one attached hydrogen (secondary N) is 1. The lowest BCUT2D eigenvalue weighted by atomic mass is 10.1. The van der Waals surface area contributed by atoms with Crippen molar-refractivity contribution in [1.29, 1.82) is 0 Å². The van der Waals surface area contributed by atoms with Gasteiger partial charge in [-0.05, 0) is 63.8 Å². The van der Waals surface area contributed by atoms with Crippen LogP contribution >= 0.6 is 0 Å². The van der Waals surface area contributed by atoms with Gasteiger partial charge < -0.3 is 14.8 Å². The first-order chi connectivity index (χ1) is 9.78. The molecule has 0 bridgehead atoms. The van der Waals surface area contributed by atoms with E-state index in [2.05, 4.69) is 36.5 Å². The van der Waals surface area contributed by atoms with Gasteiger partial charge in [-0.3, -0.25) is 0 Å². The number of benzene rings is 1. The van der Waals surface area contributed by atoms with Crippen LogP contribution in [0.3, 0.4) is 0 Å². The molecule has 1 N–H and O–H groups in total. The van der Waals surface area contributed by atoms with Crippen LogP contribution in [0.1, 0.15) is 38.2 Å².